The summed E-state index contributed by atoms with van der Waals surface area (Å²) in [6, 6.07) is 6.38. The summed E-state index contributed by atoms with van der Waals surface area (Å²) in [4.78, 5) is 0. The molecule has 2 heteroatoms. The van der Waals surface area contributed by atoms with Crippen molar-refractivity contribution in [1.29, 1.82) is 0 Å². The van der Waals surface area contributed by atoms with Gasteiger partial charge in [-0.15, -0.1) is 0 Å². The molecule has 15 heavy (non-hydrogen) atoms. The molecule has 0 spiro atoms. The monoisotopic (exact) mass is 270 g/mol. The number of rotatable bonds is 4. The van der Waals surface area contributed by atoms with Gasteiger partial charge in [-0.2, -0.15) is 0 Å². The highest BCUT2D eigenvalue weighted by atomic mass is 79.9. The van der Waals surface area contributed by atoms with Crippen LogP contribution in [0.1, 0.15) is 30.9 Å². The largest absolute Gasteiger partial charge is 0.496 e. The lowest BCUT2D eigenvalue weighted by molar-refractivity contribution is 0.399. The number of benzene rings is 1. The van der Waals surface area contributed by atoms with Gasteiger partial charge in [0.25, 0.3) is 0 Å². The van der Waals surface area contributed by atoms with E-state index in [-0.39, 0.29) is 0 Å². The zero-order valence-electron chi connectivity index (χ0n) is 9.88. The van der Waals surface area contributed by atoms with Gasteiger partial charge in [-0.05, 0) is 30.4 Å². The first-order chi connectivity index (χ1) is 7.10. The van der Waals surface area contributed by atoms with Crippen LogP contribution in [-0.4, -0.2) is 12.4 Å². The van der Waals surface area contributed by atoms with E-state index in [0.29, 0.717) is 11.8 Å². The maximum atomic E-state index is 5.41. The molecule has 1 aromatic carbocycles. The van der Waals surface area contributed by atoms with Crippen molar-refractivity contribution in [3.63, 3.8) is 0 Å². The third kappa shape index (κ3) is 2.97. The number of alkyl halides is 1. The third-order valence-corrected chi connectivity index (χ3v) is 3.45. The molecule has 0 fully saturated rings. The zero-order valence-corrected chi connectivity index (χ0v) is 11.5. The topological polar surface area (TPSA) is 9.23 Å². The molecule has 1 atom stereocenters. The standard InChI is InChI=1S/C13H19BrO/c1-9(2)12(8-14)11-7-10(3)5-6-13(11)15-4/h5-7,9,12H,8H2,1-4H3. The number of ether oxygens (including phenoxy) is 1. The van der Waals surface area contributed by atoms with Gasteiger partial charge in [0.1, 0.15) is 5.75 Å². The first kappa shape index (κ1) is 12.6. The fourth-order valence-corrected chi connectivity index (χ4v) is 2.86. The number of hydrogen-bond donors (Lipinski definition) is 0. The summed E-state index contributed by atoms with van der Waals surface area (Å²) in [6.07, 6.45) is 0. The van der Waals surface area contributed by atoms with Crippen LogP contribution >= 0.6 is 15.9 Å². The van der Waals surface area contributed by atoms with Gasteiger partial charge < -0.3 is 4.74 Å². The van der Waals surface area contributed by atoms with Gasteiger partial charge in [0.05, 0.1) is 7.11 Å². The summed E-state index contributed by atoms with van der Waals surface area (Å²) >= 11 is 3.59. The average Bonchev–Trinajstić information content (AvgIpc) is 2.18. The van der Waals surface area contributed by atoms with E-state index in [9.17, 15) is 0 Å². The lowest BCUT2D eigenvalue weighted by Crippen LogP contribution is -2.09. The molecule has 0 bridgehead atoms. The fraction of sp³-hybridized carbons (Fsp3) is 0.538. The highest BCUT2D eigenvalue weighted by Gasteiger charge is 2.18. The molecule has 0 radical (unpaired) electrons. The minimum Gasteiger partial charge on any atom is -0.496 e. The lowest BCUT2D eigenvalue weighted by atomic mass is 9.89. The minimum absolute atomic E-state index is 0.514. The van der Waals surface area contributed by atoms with Crippen molar-refractivity contribution >= 4 is 15.9 Å². The van der Waals surface area contributed by atoms with Gasteiger partial charge in [0.15, 0.2) is 0 Å². The highest BCUT2D eigenvalue weighted by Crippen LogP contribution is 2.33. The van der Waals surface area contributed by atoms with Crippen LogP contribution < -0.4 is 4.74 Å². The van der Waals surface area contributed by atoms with Gasteiger partial charge in [-0.1, -0.05) is 47.5 Å². The average molecular weight is 271 g/mol. The lowest BCUT2D eigenvalue weighted by Gasteiger charge is -2.21. The minimum atomic E-state index is 0.514. The van der Waals surface area contributed by atoms with Crippen LogP contribution in [0.4, 0.5) is 0 Å². The van der Waals surface area contributed by atoms with Gasteiger partial charge in [-0.25, -0.2) is 0 Å². The Morgan fingerprint density at radius 3 is 2.47 bits per heavy atom. The predicted octanol–water partition coefficient (Wildman–Crippen LogP) is 4.14. The summed E-state index contributed by atoms with van der Waals surface area (Å²) in [6.45, 7) is 6.61. The van der Waals surface area contributed by atoms with Crippen LogP contribution in [0.5, 0.6) is 5.75 Å². The Morgan fingerprint density at radius 1 is 1.33 bits per heavy atom. The van der Waals surface area contributed by atoms with Gasteiger partial charge in [0, 0.05) is 5.33 Å². The van der Waals surface area contributed by atoms with Gasteiger partial charge >= 0.3 is 0 Å². The summed E-state index contributed by atoms with van der Waals surface area (Å²) in [5.74, 6) is 2.12. The van der Waals surface area contributed by atoms with E-state index >= 15 is 0 Å². The number of aryl methyl sites for hydroxylation is 1. The third-order valence-electron chi connectivity index (χ3n) is 2.76. The Labute approximate surface area is 101 Å². The van der Waals surface area contributed by atoms with Gasteiger partial charge in [0.2, 0.25) is 0 Å². The van der Waals surface area contributed by atoms with Crippen LogP contribution in [0.25, 0.3) is 0 Å². The number of halogens is 1. The molecule has 1 rings (SSSR count). The van der Waals surface area contributed by atoms with E-state index in [4.69, 9.17) is 4.74 Å². The van der Waals surface area contributed by atoms with Crippen molar-refractivity contribution in [2.75, 3.05) is 12.4 Å². The Balaban J connectivity index is 3.13. The Hall–Kier alpha value is -0.500. The van der Waals surface area contributed by atoms with Crippen LogP contribution in [-0.2, 0) is 0 Å². The molecule has 1 unspecified atom stereocenters. The predicted molar refractivity (Wildman–Crippen MR) is 69.1 cm³/mol. The Kier molecular flexibility index (Phi) is 4.65. The molecule has 0 saturated carbocycles. The number of hydrogen-bond acceptors (Lipinski definition) is 1. The SMILES string of the molecule is COc1ccc(C)cc1C(CBr)C(C)C. The molecular weight excluding hydrogens is 252 g/mol. The molecular formula is C13H19BrO. The summed E-state index contributed by atoms with van der Waals surface area (Å²) < 4.78 is 5.41. The van der Waals surface area contributed by atoms with Gasteiger partial charge in [-0.3, -0.25) is 0 Å². The van der Waals surface area contributed by atoms with E-state index in [1.165, 1.54) is 11.1 Å². The van der Waals surface area contributed by atoms with Crippen LogP contribution in [0.15, 0.2) is 18.2 Å². The summed E-state index contributed by atoms with van der Waals surface area (Å²) in [7, 11) is 1.74. The second-order valence-electron chi connectivity index (χ2n) is 4.25. The Morgan fingerprint density at radius 2 is 2.00 bits per heavy atom. The molecule has 0 N–H and O–H groups in total. The molecule has 1 nitrogen and oxygen atoms in total. The number of methoxy groups -OCH3 is 1. The van der Waals surface area contributed by atoms with Crippen molar-refractivity contribution in [2.45, 2.75) is 26.7 Å². The van der Waals surface area contributed by atoms with Crippen molar-refractivity contribution in [2.24, 2.45) is 5.92 Å². The molecule has 0 amide bonds. The smallest absolute Gasteiger partial charge is 0.122 e. The molecule has 0 heterocycles. The van der Waals surface area contributed by atoms with Crippen molar-refractivity contribution in [1.82, 2.24) is 0 Å². The van der Waals surface area contributed by atoms with Crippen molar-refractivity contribution in [3.05, 3.63) is 29.3 Å². The maximum Gasteiger partial charge on any atom is 0.122 e. The van der Waals surface area contributed by atoms with Crippen molar-refractivity contribution < 1.29 is 4.74 Å². The van der Waals surface area contributed by atoms with Crippen LogP contribution in [0, 0.1) is 12.8 Å². The second-order valence-corrected chi connectivity index (χ2v) is 4.90. The molecule has 0 aromatic heterocycles. The molecule has 0 aliphatic rings. The maximum absolute atomic E-state index is 5.41. The first-order valence-electron chi connectivity index (χ1n) is 5.30. The van der Waals surface area contributed by atoms with E-state index in [2.05, 4.69) is 54.9 Å². The van der Waals surface area contributed by atoms with E-state index in [1.807, 2.05) is 0 Å². The quantitative estimate of drug-likeness (QED) is 0.748. The first-order valence-corrected chi connectivity index (χ1v) is 6.42. The normalized spacial score (nSPS) is 12.9. The molecule has 0 aliphatic carbocycles. The van der Waals surface area contributed by atoms with E-state index in [1.54, 1.807) is 7.11 Å². The summed E-state index contributed by atoms with van der Waals surface area (Å²) in [5.41, 5.74) is 2.60. The van der Waals surface area contributed by atoms with E-state index in [0.717, 1.165) is 11.1 Å². The van der Waals surface area contributed by atoms with Crippen LogP contribution in [0.2, 0.25) is 0 Å². The van der Waals surface area contributed by atoms with Crippen molar-refractivity contribution in [3.8, 4) is 5.75 Å². The molecule has 0 aliphatic heterocycles. The highest BCUT2D eigenvalue weighted by molar-refractivity contribution is 9.09. The van der Waals surface area contributed by atoms with E-state index < -0.39 is 0 Å². The zero-order chi connectivity index (χ0) is 11.4. The summed E-state index contributed by atoms with van der Waals surface area (Å²) in [5, 5.41) is 0.977. The fourth-order valence-electron chi connectivity index (χ4n) is 1.76. The second kappa shape index (κ2) is 5.55. The molecule has 1 aromatic rings. The molecule has 0 saturated heterocycles. The molecule has 84 valence electrons. The van der Waals surface area contributed by atoms with Crippen LogP contribution in [0.3, 0.4) is 0 Å². The Bertz CT molecular complexity index is 320.